The number of carbonyl (C=O) groups is 2. The largest absolute Gasteiger partial charge is 0.378 e. The first-order chi connectivity index (χ1) is 12.6. The van der Waals surface area contributed by atoms with E-state index in [1.807, 2.05) is 30.3 Å². The molecule has 0 bridgehead atoms. The molecule has 1 amide bonds. The Morgan fingerprint density at radius 2 is 1.81 bits per heavy atom. The molecule has 1 saturated heterocycles. The molecule has 0 saturated carbocycles. The van der Waals surface area contributed by atoms with Crippen molar-refractivity contribution in [2.45, 2.75) is 18.8 Å². The number of aromatic amines is 1. The second kappa shape index (κ2) is 6.88. The fraction of sp³-hybridized carbons (Fsp3) is 0.350. The third kappa shape index (κ3) is 3.08. The fourth-order valence-electron chi connectivity index (χ4n) is 3.69. The molecule has 6 heteroatoms. The molecule has 1 N–H and O–H groups in total. The lowest BCUT2D eigenvalue weighted by molar-refractivity contribution is 0.0301. The van der Waals surface area contributed by atoms with Crippen molar-refractivity contribution in [1.82, 2.24) is 9.88 Å². The monoisotopic (exact) mass is 352 g/mol. The second-order valence-corrected chi connectivity index (χ2v) is 6.75. The lowest BCUT2D eigenvalue weighted by Crippen LogP contribution is -2.43. The Labute approximate surface area is 150 Å². The van der Waals surface area contributed by atoms with E-state index in [2.05, 4.69) is 4.98 Å². The first kappa shape index (κ1) is 16.7. The van der Waals surface area contributed by atoms with Crippen LogP contribution in [0.1, 0.15) is 44.3 Å². The van der Waals surface area contributed by atoms with Gasteiger partial charge in [0.2, 0.25) is 0 Å². The van der Waals surface area contributed by atoms with Gasteiger partial charge in [0.05, 0.1) is 13.2 Å². The fourth-order valence-corrected chi connectivity index (χ4v) is 3.69. The smallest absolute Gasteiger partial charge is 0.261 e. The van der Waals surface area contributed by atoms with Crippen molar-refractivity contribution in [1.29, 1.82) is 0 Å². The molecule has 1 aromatic heterocycles. The summed E-state index contributed by atoms with van der Waals surface area (Å²) in [5.41, 5.74) is 1.78. The van der Waals surface area contributed by atoms with E-state index in [1.54, 1.807) is 4.90 Å². The number of H-pyrrole nitrogens is 1. The number of carbonyl (C=O) groups excluding carboxylic acids is 2. The zero-order chi connectivity index (χ0) is 18.1. The van der Waals surface area contributed by atoms with Crippen LogP contribution in [0.3, 0.4) is 0 Å². The molecule has 0 radical (unpaired) electrons. The van der Waals surface area contributed by atoms with Gasteiger partial charge in [0.25, 0.3) is 11.5 Å². The predicted molar refractivity (Wildman–Crippen MR) is 95.6 cm³/mol. The highest BCUT2D eigenvalue weighted by atomic mass is 16.5. The van der Waals surface area contributed by atoms with E-state index in [0.29, 0.717) is 50.4 Å². The van der Waals surface area contributed by atoms with Gasteiger partial charge in [-0.3, -0.25) is 14.4 Å². The van der Waals surface area contributed by atoms with Gasteiger partial charge in [0, 0.05) is 30.8 Å². The number of Topliss-reactive ketones (excluding diaryl/α,β-unsaturated/α-hetero) is 1. The average molecular weight is 352 g/mol. The number of nitrogens with one attached hydrogen (secondary N) is 1. The summed E-state index contributed by atoms with van der Waals surface area (Å²) in [5, 5.41) is 0. The van der Waals surface area contributed by atoms with Gasteiger partial charge in [-0.15, -0.1) is 0 Å². The summed E-state index contributed by atoms with van der Waals surface area (Å²) in [4.78, 5) is 42.2. The molecule has 6 nitrogen and oxygen atoms in total. The van der Waals surface area contributed by atoms with E-state index < -0.39 is 5.56 Å². The van der Waals surface area contributed by atoms with Crippen LogP contribution in [0.4, 0.5) is 0 Å². The van der Waals surface area contributed by atoms with Gasteiger partial charge in [-0.05, 0) is 24.0 Å². The quantitative estimate of drug-likeness (QED) is 0.893. The minimum absolute atomic E-state index is 0.0348. The Hall–Kier alpha value is -2.73. The number of hydrogen-bond donors (Lipinski definition) is 1. The number of nitrogens with zero attached hydrogens (tertiary/aromatic N) is 1. The summed E-state index contributed by atoms with van der Waals surface area (Å²) in [7, 11) is 0. The number of amides is 1. The first-order valence-electron chi connectivity index (χ1n) is 8.85. The van der Waals surface area contributed by atoms with Crippen LogP contribution in [0, 0.1) is 0 Å². The van der Waals surface area contributed by atoms with Crippen molar-refractivity contribution in [3.05, 3.63) is 69.1 Å². The van der Waals surface area contributed by atoms with Crippen molar-refractivity contribution in [2.24, 2.45) is 0 Å². The van der Waals surface area contributed by atoms with E-state index >= 15 is 0 Å². The summed E-state index contributed by atoms with van der Waals surface area (Å²) in [6.07, 6.45) is 0.973. The highest BCUT2D eigenvalue weighted by Crippen LogP contribution is 2.31. The molecule has 0 unspecified atom stereocenters. The zero-order valence-corrected chi connectivity index (χ0v) is 14.4. The molecule has 2 heterocycles. The standard InChI is InChI=1S/C20H20N2O4/c23-18-11-14(13-4-2-1-3-5-13)10-17-15(18)12-16(19(24)21-17)20(25)22-6-8-26-9-7-22/h1-5,12,14H,6-11H2,(H,21,24)/t14-/m1/s1. The van der Waals surface area contributed by atoms with E-state index in [1.165, 1.54) is 6.07 Å². The molecular weight excluding hydrogens is 332 g/mol. The van der Waals surface area contributed by atoms with Crippen LogP contribution in [-0.2, 0) is 11.2 Å². The molecule has 134 valence electrons. The highest BCUT2D eigenvalue weighted by Gasteiger charge is 2.30. The summed E-state index contributed by atoms with van der Waals surface area (Å²) in [6, 6.07) is 11.3. The van der Waals surface area contributed by atoms with Crippen LogP contribution in [0.2, 0.25) is 0 Å². The molecule has 4 rings (SSSR count). The van der Waals surface area contributed by atoms with Gasteiger partial charge >= 0.3 is 0 Å². The van der Waals surface area contributed by atoms with E-state index in [9.17, 15) is 14.4 Å². The molecule has 2 aromatic rings. The molecular formula is C20H20N2O4. The zero-order valence-electron chi connectivity index (χ0n) is 14.4. The van der Waals surface area contributed by atoms with Crippen molar-refractivity contribution < 1.29 is 14.3 Å². The van der Waals surface area contributed by atoms with Crippen LogP contribution in [-0.4, -0.2) is 47.9 Å². The topological polar surface area (TPSA) is 79.5 Å². The van der Waals surface area contributed by atoms with Crippen LogP contribution < -0.4 is 5.56 Å². The van der Waals surface area contributed by atoms with Crippen molar-refractivity contribution in [3.63, 3.8) is 0 Å². The minimum atomic E-state index is -0.429. The summed E-state index contributed by atoms with van der Waals surface area (Å²) in [5.74, 6) is -0.324. The van der Waals surface area contributed by atoms with Gasteiger partial charge in [0.1, 0.15) is 5.56 Å². The van der Waals surface area contributed by atoms with E-state index in [-0.39, 0.29) is 23.2 Å². The van der Waals surface area contributed by atoms with Crippen LogP contribution in [0.25, 0.3) is 0 Å². The molecule has 26 heavy (non-hydrogen) atoms. The number of hydrogen-bond acceptors (Lipinski definition) is 4. The normalized spacial score (nSPS) is 19.9. The van der Waals surface area contributed by atoms with E-state index in [4.69, 9.17) is 4.74 Å². The Balaban J connectivity index is 1.65. The van der Waals surface area contributed by atoms with Gasteiger partial charge in [-0.1, -0.05) is 30.3 Å². The number of ether oxygens (including phenoxy) is 1. The number of ketones is 1. The Morgan fingerprint density at radius 1 is 1.08 bits per heavy atom. The third-order valence-corrected chi connectivity index (χ3v) is 5.11. The maximum Gasteiger partial charge on any atom is 0.261 e. The number of benzene rings is 1. The molecule has 0 spiro atoms. The van der Waals surface area contributed by atoms with E-state index in [0.717, 1.165) is 5.56 Å². The highest BCUT2D eigenvalue weighted by molar-refractivity contribution is 6.02. The van der Waals surface area contributed by atoms with Crippen LogP contribution in [0.5, 0.6) is 0 Å². The van der Waals surface area contributed by atoms with Gasteiger partial charge in [0.15, 0.2) is 5.78 Å². The number of fused-ring (bicyclic) bond motifs is 1. The SMILES string of the molecule is O=C1C[C@H](c2ccccc2)Cc2[nH]c(=O)c(C(=O)N3CCOCC3)cc21. The van der Waals surface area contributed by atoms with Crippen molar-refractivity contribution >= 4 is 11.7 Å². The number of pyridine rings is 1. The lowest BCUT2D eigenvalue weighted by atomic mass is 9.81. The molecule has 1 aromatic carbocycles. The Kier molecular flexibility index (Phi) is 4.42. The Bertz CT molecular complexity index is 898. The Morgan fingerprint density at radius 3 is 2.54 bits per heavy atom. The molecule has 1 atom stereocenters. The van der Waals surface area contributed by atoms with Crippen LogP contribution in [0.15, 0.2) is 41.2 Å². The maximum atomic E-state index is 12.7. The number of rotatable bonds is 2. The summed E-state index contributed by atoms with van der Waals surface area (Å²) >= 11 is 0. The number of morpholine rings is 1. The van der Waals surface area contributed by atoms with Gasteiger partial charge in [-0.25, -0.2) is 0 Å². The van der Waals surface area contributed by atoms with Crippen LogP contribution >= 0.6 is 0 Å². The first-order valence-corrected chi connectivity index (χ1v) is 8.85. The lowest BCUT2D eigenvalue weighted by Gasteiger charge is -2.27. The van der Waals surface area contributed by atoms with Crippen molar-refractivity contribution in [3.8, 4) is 0 Å². The summed E-state index contributed by atoms with van der Waals surface area (Å²) < 4.78 is 5.24. The molecule has 2 aliphatic rings. The maximum absolute atomic E-state index is 12.7. The molecule has 1 fully saturated rings. The minimum Gasteiger partial charge on any atom is -0.378 e. The predicted octanol–water partition coefficient (Wildman–Crippen LogP) is 1.76. The second-order valence-electron chi connectivity index (χ2n) is 6.75. The number of aromatic nitrogens is 1. The molecule has 1 aliphatic carbocycles. The van der Waals surface area contributed by atoms with Gasteiger partial charge < -0.3 is 14.6 Å². The third-order valence-electron chi connectivity index (χ3n) is 5.11. The van der Waals surface area contributed by atoms with Gasteiger partial charge in [-0.2, -0.15) is 0 Å². The summed E-state index contributed by atoms with van der Waals surface area (Å²) in [6.45, 7) is 1.84. The molecule has 1 aliphatic heterocycles. The average Bonchev–Trinajstić information content (AvgIpc) is 2.68. The van der Waals surface area contributed by atoms with Crippen molar-refractivity contribution in [2.75, 3.05) is 26.3 Å².